The zero-order chi connectivity index (χ0) is 7.56. The van der Waals surface area contributed by atoms with Gasteiger partial charge in [-0.05, 0) is 12.8 Å². The van der Waals surface area contributed by atoms with E-state index in [1.54, 1.807) is 0 Å². The Kier molecular flexibility index (Phi) is 2.63. The smallest absolute Gasteiger partial charge is 0.217 e. The zero-order valence-electron chi connectivity index (χ0n) is 5.37. The van der Waals surface area contributed by atoms with E-state index in [0.717, 1.165) is 17.7 Å². The highest BCUT2D eigenvalue weighted by Gasteiger charge is 2.09. The Balaban J connectivity index is 2.84. The lowest BCUT2D eigenvalue weighted by molar-refractivity contribution is -0.107. The molecule has 0 bridgehead atoms. The molecular formula is C7H8OS2. The normalized spacial score (nSPS) is 17.8. The summed E-state index contributed by atoms with van der Waals surface area (Å²) in [7, 11) is 0. The van der Waals surface area contributed by atoms with Crippen LogP contribution in [0.4, 0.5) is 0 Å². The molecule has 0 aliphatic heterocycles. The predicted molar refractivity (Wildman–Crippen MR) is 48.4 cm³/mol. The van der Waals surface area contributed by atoms with Crippen molar-refractivity contribution >= 4 is 30.4 Å². The first kappa shape index (κ1) is 7.95. The van der Waals surface area contributed by atoms with Gasteiger partial charge in [-0.15, -0.1) is 25.3 Å². The van der Waals surface area contributed by atoms with Crippen LogP contribution in [0.25, 0.3) is 0 Å². The van der Waals surface area contributed by atoms with Crippen molar-refractivity contribution < 1.29 is 4.79 Å². The van der Waals surface area contributed by atoms with Crippen molar-refractivity contribution in [2.24, 2.45) is 0 Å². The van der Waals surface area contributed by atoms with Gasteiger partial charge in [0, 0.05) is 10.5 Å². The van der Waals surface area contributed by atoms with Crippen LogP contribution in [-0.2, 0) is 4.79 Å². The van der Waals surface area contributed by atoms with Gasteiger partial charge in [0.1, 0.15) is 0 Å². The number of carbonyl (C=O) groups is 1. The fourth-order valence-electron chi connectivity index (χ4n) is 0.859. The lowest BCUT2D eigenvalue weighted by Gasteiger charge is -2.06. The van der Waals surface area contributed by atoms with E-state index in [1.165, 1.54) is 0 Å². The van der Waals surface area contributed by atoms with Crippen molar-refractivity contribution in [2.45, 2.75) is 12.8 Å². The van der Waals surface area contributed by atoms with Crippen LogP contribution >= 0.6 is 25.3 Å². The van der Waals surface area contributed by atoms with E-state index in [1.807, 2.05) is 12.2 Å². The average molecular weight is 172 g/mol. The molecule has 3 heteroatoms. The molecule has 0 amide bonds. The SMILES string of the molecule is O=C(S)C1=CCCC=C1S. The van der Waals surface area contributed by atoms with Crippen LogP contribution < -0.4 is 0 Å². The molecule has 1 nitrogen and oxygen atoms in total. The van der Waals surface area contributed by atoms with Crippen molar-refractivity contribution in [1.82, 2.24) is 0 Å². The van der Waals surface area contributed by atoms with Gasteiger partial charge < -0.3 is 0 Å². The number of hydrogen-bond acceptors (Lipinski definition) is 2. The maximum atomic E-state index is 10.7. The van der Waals surface area contributed by atoms with Crippen molar-refractivity contribution in [2.75, 3.05) is 0 Å². The van der Waals surface area contributed by atoms with E-state index in [2.05, 4.69) is 25.3 Å². The Morgan fingerprint density at radius 2 is 2.00 bits per heavy atom. The van der Waals surface area contributed by atoms with Crippen LogP contribution in [-0.4, -0.2) is 5.12 Å². The third-order valence-electron chi connectivity index (χ3n) is 1.36. The van der Waals surface area contributed by atoms with Gasteiger partial charge in [-0.3, -0.25) is 4.79 Å². The molecule has 54 valence electrons. The summed E-state index contributed by atoms with van der Waals surface area (Å²) >= 11 is 7.82. The number of carbonyl (C=O) groups excluding carboxylic acids is 1. The van der Waals surface area contributed by atoms with Crippen LogP contribution in [0.3, 0.4) is 0 Å². The predicted octanol–water partition coefficient (Wildman–Crippen LogP) is 1.98. The third-order valence-corrected chi connectivity index (χ3v) is 2.02. The van der Waals surface area contributed by atoms with E-state index < -0.39 is 0 Å². The summed E-state index contributed by atoms with van der Waals surface area (Å²) < 4.78 is 0. The van der Waals surface area contributed by atoms with E-state index in [9.17, 15) is 4.79 Å². The molecule has 0 fully saturated rings. The van der Waals surface area contributed by atoms with Gasteiger partial charge in [-0.1, -0.05) is 12.2 Å². The molecule has 0 saturated heterocycles. The van der Waals surface area contributed by atoms with E-state index >= 15 is 0 Å². The van der Waals surface area contributed by atoms with Crippen molar-refractivity contribution in [3.63, 3.8) is 0 Å². The lowest BCUT2D eigenvalue weighted by atomic mass is 10.1. The van der Waals surface area contributed by atoms with Crippen LogP contribution in [0.1, 0.15) is 12.8 Å². The molecule has 0 aromatic heterocycles. The van der Waals surface area contributed by atoms with Gasteiger partial charge in [0.15, 0.2) is 0 Å². The topological polar surface area (TPSA) is 17.1 Å². The van der Waals surface area contributed by atoms with Gasteiger partial charge in [-0.2, -0.15) is 0 Å². The summed E-state index contributed by atoms with van der Waals surface area (Å²) in [6, 6.07) is 0. The molecule has 0 N–H and O–H groups in total. The Hall–Kier alpha value is -0.150. The number of hydrogen-bond donors (Lipinski definition) is 2. The summed E-state index contributed by atoms with van der Waals surface area (Å²) in [5.74, 6) is 0. The first-order chi connectivity index (χ1) is 4.72. The molecular weight excluding hydrogens is 164 g/mol. The Morgan fingerprint density at radius 1 is 1.40 bits per heavy atom. The zero-order valence-corrected chi connectivity index (χ0v) is 7.16. The van der Waals surface area contributed by atoms with Gasteiger partial charge in [-0.25, -0.2) is 0 Å². The molecule has 0 atom stereocenters. The van der Waals surface area contributed by atoms with Gasteiger partial charge in [0.2, 0.25) is 5.12 Å². The molecule has 0 spiro atoms. The van der Waals surface area contributed by atoms with Gasteiger partial charge in [0.05, 0.1) is 0 Å². The Morgan fingerprint density at radius 3 is 2.40 bits per heavy atom. The quantitative estimate of drug-likeness (QED) is 0.578. The lowest BCUT2D eigenvalue weighted by Crippen LogP contribution is -1.97. The molecule has 0 unspecified atom stereocenters. The molecule has 1 aliphatic rings. The second-order valence-electron chi connectivity index (χ2n) is 2.09. The molecule has 0 radical (unpaired) electrons. The number of allylic oxidation sites excluding steroid dienone is 3. The van der Waals surface area contributed by atoms with Crippen molar-refractivity contribution in [1.29, 1.82) is 0 Å². The third kappa shape index (κ3) is 1.67. The molecule has 1 rings (SSSR count). The van der Waals surface area contributed by atoms with Gasteiger partial charge in [0.25, 0.3) is 0 Å². The summed E-state index contributed by atoms with van der Waals surface area (Å²) in [6.45, 7) is 0. The van der Waals surface area contributed by atoms with E-state index in [-0.39, 0.29) is 5.12 Å². The summed E-state index contributed by atoms with van der Waals surface area (Å²) in [4.78, 5) is 11.5. The summed E-state index contributed by atoms with van der Waals surface area (Å²) in [5.41, 5.74) is 0.637. The molecule has 0 heterocycles. The molecule has 0 aromatic carbocycles. The Bertz CT molecular complexity index is 216. The fraction of sp³-hybridized carbons (Fsp3) is 0.286. The average Bonchev–Trinajstić information content (AvgIpc) is 1.88. The minimum atomic E-state index is -0.194. The molecule has 0 saturated carbocycles. The monoisotopic (exact) mass is 172 g/mol. The maximum absolute atomic E-state index is 10.7. The van der Waals surface area contributed by atoms with Gasteiger partial charge >= 0.3 is 0 Å². The largest absolute Gasteiger partial charge is 0.282 e. The summed E-state index contributed by atoms with van der Waals surface area (Å²) in [5, 5.41) is -0.194. The number of thiol groups is 2. The van der Waals surface area contributed by atoms with Crippen LogP contribution in [0.15, 0.2) is 22.6 Å². The second kappa shape index (κ2) is 3.30. The molecule has 0 aromatic rings. The van der Waals surface area contributed by atoms with E-state index in [4.69, 9.17) is 0 Å². The highest BCUT2D eigenvalue weighted by Crippen LogP contribution is 2.22. The summed E-state index contributed by atoms with van der Waals surface area (Å²) in [6.07, 6.45) is 5.71. The minimum absolute atomic E-state index is 0.194. The van der Waals surface area contributed by atoms with Crippen LogP contribution in [0, 0.1) is 0 Å². The number of rotatable bonds is 1. The maximum Gasteiger partial charge on any atom is 0.217 e. The molecule has 1 aliphatic carbocycles. The second-order valence-corrected chi connectivity index (χ2v) is 2.98. The van der Waals surface area contributed by atoms with Crippen molar-refractivity contribution in [3.8, 4) is 0 Å². The first-order valence-corrected chi connectivity index (χ1v) is 3.94. The highest BCUT2D eigenvalue weighted by molar-refractivity contribution is 7.97. The molecule has 10 heavy (non-hydrogen) atoms. The van der Waals surface area contributed by atoms with E-state index in [0.29, 0.717) is 5.57 Å². The van der Waals surface area contributed by atoms with Crippen molar-refractivity contribution in [3.05, 3.63) is 22.6 Å². The highest BCUT2D eigenvalue weighted by atomic mass is 32.1. The first-order valence-electron chi connectivity index (χ1n) is 3.05. The van der Waals surface area contributed by atoms with Crippen LogP contribution in [0.2, 0.25) is 0 Å². The Labute approximate surface area is 71.0 Å². The fourth-order valence-corrected chi connectivity index (χ4v) is 1.48. The standard InChI is InChI=1S/C7H8OS2/c8-7(10)5-3-1-2-4-6(5)9/h3-4,9H,1-2H2,(H,8,10). The van der Waals surface area contributed by atoms with Crippen LogP contribution in [0.5, 0.6) is 0 Å². The minimum Gasteiger partial charge on any atom is -0.282 e.